The second kappa shape index (κ2) is 7.38. The summed E-state index contributed by atoms with van der Waals surface area (Å²) in [5.41, 5.74) is 3.38. The number of fused-ring (bicyclic) bond motifs is 1. The van der Waals surface area contributed by atoms with Crippen molar-refractivity contribution in [2.45, 2.75) is 32.4 Å². The predicted octanol–water partition coefficient (Wildman–Crippen LogP) is 4.31. The third-order valence-electron chi connectivity index (χ3n) is 5.00. The molecule has 1 N–H and O–H groups in total. The molecule has 1 fully saturated rings. The van der Waals surface area contributed by atoms with E-state index in [4.69, 9.17) is 14.5 Å². The van der Waals surface area contributed by atoms with Crippen LogP contribution < -0.4 is 9.47 Å². The van der Waals surface area contributed by atoms with Crippen LogP contribution in [0.1, 0.15) is 37.2 Å². The molecule has 136 valence electrons. The van der Waals surface area contributed by atoms with Crippen LogP contribution in [0.4, 0.5) is 0 Å². The number of aromatic amines is 1. The summed E-state index contributed by atoms with van der Waals surface area (Å²) in [6, 6.07) is 14.8. The third kappa shape index (κ3) is 3.27. The molecule has 0 amide bonds. The van der Waals surface area contributed by atoms with Crippen molar-refractivity contribution in [3.05, 3.63) is 53.9 Å². The molecule has 0 spiro atoms. The van der Waals surface area contributed by atoms with Gasteiger partial charge in [-0.05, 0) is 56.1 Å². The van der Waals surface area contributed by atoms with Crippen molar-refractivity contribution in [1.82, 2.24) is 14.9 Å². The molecule has 1 aliphatic rings. The van der Waals surface area contributed by atoms with Crippen LogP contribution >= 0.6 is 0 Å². The lowest BCUT2D eigenvalue weighted by atomic mass is 10.1. The highest BCUT2D eigenvalue weighted by Gasteiger charge is 2.28. The number of rotatable bonds is 6. The minimum atomic E-state index is 0.333. The topological polar surface area (TPSA) is 50.4 Å². The Morgan fingerprint density at radius 3 is 2.88 bits per heavy atom. The lowest BCUT2D eigenvalue weighted by molar-refractivity contribution is 0.240. The largest absolute Gasteiger partial charge is 0.493 e. The van der Waals surface area contributed by atoms with Gasteiger partial charge >= 0.3 is 0 Å². The van der Waals surface area contributed by atoms with Crippen molar-refractivity contribution in [3.8, 4) is 11.5 Å². The Labute approximate surface area is 153 Å². The van der Waals surface area contributed by atoms with Crippen molar-refractivity contribution >= 4 is 11.0 Å². The number of H-pyrrole nitrogens is 1. The van der Waals surface area contributed by atoms with Gasteiger partial charge in [-0.2, -0.15) is 0 Å². The van der Waals surface area contributed by atoms with Crippen molar-refractivity contribution < 1.29 is 9.47 Å². The van der Waals surface area contributed by atoms with Crippen molar-refractivity contribution in [2.24, 2.45) is 0 Å². The number of likely N-dealkylation sites (tertiary alicyclic amines) is 1. The average Bonchev–Trinajstić information content (AvgIpc) is 3.28. The molecule has 5 heteroatoms. The first-order chi connectivity index (χ1) is 12.8. The molecule has 0 aliphatic carbocycles. The van der Waals surface area contributed by atoms with E-state index >= 15 is 0 Å². The summed E-state index contributed by atoms with van der Waals surface area (Å²) < 4.78 is 11.1. The van der Waals surface area contributed by atoms with E-state index in [0.29, 0.717) is 12.6 Å². The average molecular weight is 351 g/mol. The molecular formula is C21H25N3O2. The number of hydrogen-bond acceptors (Lipinski definition) is 4. The molecule has 5 nitrogen and oxygen atoms in total. The Bertz CT molecular complexity index is 857. The maximum atomic E-state index is 5.72. The Morgan fingerprint density at radius 2 is 2.08 bits per heavy atom. The third-order valence-corrected chi connectivity index (χ3v) is 5.00. The smallest absolute Gasteiger partial charge is 0.161 e. The highest BCUT2D eigenvalue weighted by molar-refractivity contribution is 5.74. The molecule has 0 bridgehead atoms. The maximum Gasteiger partial charge on any atom is 0.161 e. The van der Waals surface area contributed by atoms with E-state index in [1.165, 1.54) is 12.0 Å². The summed E-state index contributed by atoms with van der Waals surface area (Å²) >= 11 is 0. The van der Waals surface area contributed by atoms with E-state index in [0.717, 1.165) is 47.9 Å². The fraction of sp³-hybridized carbons (Fsp3) is 0.381. The van der Waals surface area contributed by atoms with Gasteiger partial charge in [0.1, 0.15) is 5.82 Å². The minimum absolute atomic E-state index is 0.333. The monoisotopic (exact) mass is 351 g/mol. The molecule has 1 atom stereocenters. The first-order valence-corrected chi connectivity index (χ1v) is 9.27. The van der Waals surface area contributed by atoms with Gasteiger partial charge in [-0.1, -0.05) is 18.2 Å². The zero-order valence-electron chi connectivity index (χ0n) is 15.4. The number of methoxy groups -OCH3 is 1. The second-order valence-electron chi connectivity index (χ2n) is 6.69. The molecule has 1 unspecified atom stereocenters. The van der Waals surface area contributed by atoms with E-state index in [9.17, 15) is 0 Å². The van der Waals surface area contributed by atoms with Crippen molar-refractivity contribution in [1.29, 1.82) is 0 Å². The van der Waals surface area contributed by atoms with Gasteiger partial charge in [0.2, 0.25) is 0 Å². The number of nitrogens with one attached hydrogen (secondary N) is 1. The van der Waals surface area contributed by atoms with Gasteiger partial charge < -0.3 is 14.5 Å². The van der Waals surface area contributed by atoms with E-state index in [1.54, 1.807) is 7.11 Å². The molecule has 1 saturated heterocycles. The number of para-hydroxylation sites is 2. The fourth-order valence-corrected chi connectivity index (χ4v) is 3.78. The summed E-state index contributed by atoms with van der Waals surface area (Å²) in [6.07, 6.45) is 2.32. The van der Waals surface area contributed by atoms with Crippen LogP contribution in [0.3, 0.4) is 0 Å². The van der Waals surface area contributed by atoms with Crippen LogP contribution in [0.2, 0.25) is 0 Å². The van der Waals surface area contributed by atoms with Gasteiger partial charge in [-0.25, -0.2) is 4.98 Å². The maximum absolute atomic E-state index is 5.72. The predicted molar refractivity (Wildman–Crippen MR) is 103 cm³/mol. The number of hydrogen-bond donors (Lipinski definition) is 1. The van der Waals surface area contributed by atoms with Crippen LogP contribution in [-0.2, 0) is 6.54 Å². The van der Waals surface area contributed by atoms with E-state index < -0.39 is 0 Å². The summed E-state index contributed by atoms with van der Waals surface area (Å²) in [5, 5.41) is 0. The number of benzene rings is 2. The standard InChI is InChI=1S/C21H25N3O2/c1-3-26-20-13-15(10-11-19(20)25-2)14-24-12-6-9-18(24)21-22-16-7-4-5-8-17(16)23-21/h4-5,7-8,10-11,13,18H,3,6,9,12,14H2,1-2H3,(H,22,23). The number of imidazole rings is 1. The van der Waals surface area contributed by atoms with Gasteiger partial charge in [0.05, 0.1) is 30.8 Å². The molecule has 1 aromatic heterocycles. The van der Waals surface area contributed by atoms with Gasteiger partial charge in [0, 0.05) is 6.54 Å². The van der Waals surface area contributed by atoms with Crippen LogP contribution in [0.15, 0.2) is 42.5 Å². The van der Waals surface area contributed by atoms with Gasteiger partial charge in [-0.15, -0.1) is 0 Å². The Hall–Kier alpha value is -2.53. The van der Waals surface area contributed by atoms with Crippen LogP contribution in [0.25, 0.3) is 11.0 Å². The Balaban J connectivity index is 1.56. The quantitative estimate of drug-likeness (QED) is 0.719. The first kappa shape index (κ1) is 16.9. The van der Waals surface area contributed by atoms with Crippen LogP contribution in [0.5, 0.6) is 11.5 Å². The molecule has 4 rings (SSSR count). The van der Waals surface area contributed by atoms with Crippen LogP contribution in [0, 0.1) is 0 Å². The Kier molecular flexibility index (Phi) is 4.80. The van der Waals surface area contributed by atoms with Crippen molar-refractivity contribution in [3.63, 3.8) is 0 Å². The summed E-state index contributed by atoms with van der Waals surface area (Å²) in [7, 11) is 1.68. The lowest BCUT2D eigenvalue weighted by Crippen LogP contribution is -2.23. The van der Waals surface area contributed by atoms with E-state index in [-0.39, 0.29) is 0 Å². The first-order valence-electron chi connectivity index (χ1n) is 9.27. The van der Waals surface area contributed by atoms with E-state index in [2.05, 4.69) is 34.1 Å². The minimum Gasteiger partial charge on any atom is -0.493 e. The summed E-state index contributed by atoms with van der Waals surface area (Å²) in [4.78, 5) is 10.8. The van der Waals surface area contributed by atoms with Gasteiger partial charge in [0.25, 0.3) is 0 Å². The van der Waals surface area contributed by atoms with Gasteiger partial charge in [-0.3, -0.25) is 4.90 Å². The zero-order chi connectivity index (χ0) is 17.9. The summed E-state index contributed by atoms with van der Waals surface area (Å²) in [6.45, 7) is 4.58. The fourth-order valence-electron chi connectivity index (χ4n) is 3.78. The summed E-state index contributed by atoms with van der Waals surface area (Å²) in [5.74, 6) is 2.67. The second-order valence-corrected chi connectivity index (χ2v) is 6.69. The highest BCUT2D eigenvalue weighted by Crippen LogP contribution is 2.34. The molecule has 0 saturated carbocycles. The SMILES string of the molecule is CCOc1cc(CN2CCCC2c2nc3ccccc3[nH]2)ccc1OC. The number of ether oxygens (including phenoxy) is 2. The molecule has 2 aromatic carbocycles. The molecule has 0 radical (unpaired) electrons. The normalized spacial score (nSPS) is 17.7. The number of nitrogens with zero attached hydrogens (tertiary/aromatic N) is 2. The molecule has 26 heavy (non-hydrogen) atoms. The van der Waals surface area contributed by atoms with Crippen LogP contribution in [-0.4, -0.2) is 35.1 Å². The molecular weight excluding hydrogens is 326 g/mol. The van der Waals surface area contributed by atoms with Crippen molar-refractivity contribution in [2.75, 3.05) is 20.3 Å². The zero-order valence-corrected chi connectivity index (χ0v) is 15.4. The van der Waals surface area contributed by atoms with E-state index in [1.807, 2.05) is 25.1 Å². The Morgan fingerprint density at radius 1 is 1.19 bits per heavy atom. The molecule has 1 aliphatic heterocycles. The highest BCUT2D eigenvalue weighted by atomic mass is 16.5. The lowest BCUT2D eigenvalue weighted by Gasteiger charge is -2.23. The van der Waals surface area contributed by atoms with Gasteiger partial charge in [0.15, 0.2) is 11.5 Å². The number of aromatic nitrogens is 2. The molecule has 2 heterocycles. The molecule has 3 aromatic rings.